The summed E-state index contributed by atoms with van der Waals surface area (Å²) in [5.41, 5.74) is 2.27. The van der Waals surface area contributed by atoms with Gasteiger partial charge in [-0.1, -0.05) is 12.1 Å². The zero-order valence-corrected chi connectivity index (χ0v) is 18.0. The van der Waals surface area contributed by atoms with Crippen molar-refractivity contribution in [1.29, 1.82) is 5.26 Å². The first-order valence-electron chi connectivity index (χ1n) is 9.69. The van der Waals surface area contributed by atoms with Gasteiger partial charge in [-0.2, -0.15) is 5.26 Å². The molecule has 3 aromatic rings. The van der Waals surface area contributed by atoms with Crippen molar-refractivity contribution in [3.05, 3.63) is 89.7 Å². The average Bonchev–Trinajstić information content (AvgIpc) is 2.80. The molecule has 0 bridgehead atoms. The van der Waals surface area contributed by atoms with E-state index in [0.717, 1.165) is 5.56 Å². The molecule has 0 saturated heterocycles. The number of carbonyl (C=O) groups excluding carboxylic acids is 1. The summed E-state index contributed by atoms with van der Waals surface area (Å²) in [5, 5.41) is 8.96. The lowest BCUT2D eigenvalue weighted by atomic mass is 10.0. The van der Waals surface area contributed by atoms with Gasteiger partial charge in [0.2, 0.25) is 0 Å². The number of nitrogens with one attached hydrogen (secondary N) is 1. The third-order valence-electron chi connectivity index (χ3n) is 4.94. The van der Waals surface area contributed by atoms with Gasteiger partial charge in [0.15, 0.2) is 0 Å². The van der Waals surface area contributed by atoms with Crippen molar-refractivity contribution < 1.29 is 13.2 Å². The van der Waals surface area contributed by atoms with Crippen molar-refractivity contribution in [3.8, 4) is 6.07 Å². The highest BCUT2D eigenvalue weighted by Gasteiger charge is 2.22. The Labute approximate surface area is 182 Å². The third-order valence-corrected chi connectivity index (χ3v) is 6.33. The van der Waals surface area contributed by atoms with Gasteiger partial charge in [-0.3, -0.25) is 14.5 Å². The van der Waals surface area contributed by atoms with E-state index >= 15 is 0 Å². The van der Waals surface area contributed by atoms with Gasteiger partial charge < -0.3 is 4.90 Å². The number of aromatic nitrogens is 1. The number of anilines is 1. The highest BCUT2D eigenvalue weighted by atomic mass is 32.2. The van der Waals surface area contributed by atoms with E-state index < -0.39 is 10.0 Å². The largest absolute Gasteiger partial charge is 0.332 e. The van der Waals surface area contributed by atoms with Crippen molar-refractivity contribution in [3.63, 3.8) is 0 Å². The maximum absolute atomic E-state index is 13.1. The predicted molar refractivity (Wildman–Crippen MR) is 118 cm³/mol. The van der Waals surface area contributed by atoms with Gasteiger partial charge in [-0.05, 0) is 67.9 Å². The standard InChI is InChI=1S/C23H22N4O3S/c1-3-27(17(2)19-6-4-18(16-24)5-7-19)23(28)20-8-10-22(11-9-20)31(29,30)26-21-12-14-25-15-13-21/h4-15,17H,3H2,1-2H3,(H,25,26). The zero-order valence-electron chi connectivity index (χ0n) is 17.2. The van der Waals surface area contributed by atoms with Crippen LogP contribution in [0.25, 0.3) is 0 Å². The number of hydrogen-bond acceptors (Lipinski definition) is 5. The van der Waals surface area contributed by atoms with Crippen LogP contribution in [-0.2, 0) is 10.0 Å². The van der Waals surface area contributed by atoms with Crippen LogP contribution in [0.4, 0.5) is 5.69 Å². The first-order chi connectivity index (χ1) is 14.9. The van der Waals surface area contributed by atoms with Crippen LogP contribution in [0, 0.1) is 11.3 Å². The minimum atomic E-state index is -3.78. The summed E-state index contributed by atoms with van der Waals surface area (Å²) in [6, 6.07) is 17.9. The monoisotopic (exact) mass is 434 g/mol. The summed E-state index contributed by atoms with van der Waals surface area (Å²) in [6.45, 7) is 4.28. The number of nitrogens with zero attached hydrogens (tertiary/aromatic N) is 3. The van der Waals surface area contributed by atoms with Gasteiger partial charge in [0.1, 0.15) is 0 Å². The highest BCUT2D eigenvalue weighted by molar-refractivity contribution is 7.92. The molecular weight excluding hydrogens is 412 g/mol. The second-order valence-electron chi connectivity index (χ2n) is 6.87. The predicted octanol–water partition coefficient (Wildman–Crippen LogP) is 3.98. The number of nitriles is 1. The van der Waals surface area contributed by atoms with Crippen LogP contribution in [0.3, 0.4) is 0 Å². The molecule has 3 rings (SSSR count). The van der Waals surface area contributed by atoms with Crippen LogP contribution >= 0.6 is 0 Å². The molecule has 0 aliphatic heterocycles. The minimum Gasteiger partial charge on any atom is -0.332 e. The van der Waals surface area contributed by atoms with Crippen molar-refractivity contribution in [2.24, 2.45) is 0 Å². The summed E-state index contributed by atoms with van der Waals surface area (Å²) >= 11 is 0. The minimum absolute atomic E-state index is 0.0593. The van der Waals surface area contributed by atoms with Gasteiger partial charge >= 0.3 is 0 Å². The Balaban J connectivity index is 1.78. The summed E-state index contributed by atoms with van der Waals surface area (Å²) in [6.07, 6.45) is 2.99. The molecule has 31 heavy (non-hydrogen) atoms. The molecule has 0 aliphatic rings. The first-order valence-corrected chi connectivity index (χ1v) is 11.2. The van der Waals surface area contributed by atoms with Crippen LogP contribution < -0.4 is 4.72 Å². The Morgan fingerprint density at radius 1 is 1.06 bits per heavy atom. The van der Waals surface area contributed by atoms with Gasteiger partial charge in [0, 0.05) is 24.5 Å². The molecule has 0 radical (unpaired) electrons. The molecule has 8 heteroatoms. The third kappa shape index (κ3) is 5.08. The maximum Gasteiger partial charge on any atom is 0.261 e. The molecule has 0 spiro atoms. The highest BCUT2D eigenvalue weighted by Crippen LogP contribution is 2.23. The summed E-state index contributed by atoms with van der Waals surface area (Å²) < 4.78 is 27.6. The number of carbonyl (C=O) groups is 1. The van der Waals surface area contributed by atoms with Gasteiger partial charge in [0.05, 0.1) is 28.3 Å². The molecule has 0 aliphatic carbocycles. The van der Waals surface area contributed by atoms with E-state index in [0.29, 0.717) is 23.4 Å². The first kappa shape index (κ1) is 22.0. The lowest BCUT2D eigenvalue weighted by Crippen LogP contribution is -2.33. The molecule has 1 unspecified atom stereocenters. The molecule has 1 aromatic heterocycles. The van der Waals surface area contributed by atoms with E-state index in [9.17, 15) is 13.2 Å². The zero-order chi connectivity index (χ0) is 22.4. The van der Waals surface area contributed by atoms with E-state index in [1.165, 1.54) is 36.7 Å². The van der Waals surface area contributed by atoms with Crippen LogP contribution in [-0.4, -0.2) is 30.8 Å². The Morgan fingerprint density at radius 3 is 2.23 bits per heavy atom. The molecule has 0 fully saturated rings. The van der Waals surface area contributed by atoms with E-state index in [-0.39, 0.29) is 16.8 Å². The quantitative estimate of drug-likeness (QED) is 0.606. The number of rotatable bonds is 7. The van der Waals surface area contributed by atoms with Gasteiger partial charge in [-0.25, -0.2) is 8.42 Å². The molecule has 158 valence electrons. The SMILES string of the molecule is CCN(C(=O)c1ccc(S(=O)(=O)Nc2ccncc2)cc1)C(C)c1ccc(C#N)cc1. The molecule has 1 N–H and O–H groups in total. The fourth-order valence-electron chi connectivity index (χ4n) is 3.19. The Hall–Kier alpha value is -3.70. The summed E-state index contributed by atoms with van der Waals surface area (Å²) in [5.74, 6) is -0.203. The molecular formula is C23H22N4O3S. The lowest BCUT2D eigenvalue weighted by Gasteiger charge is -2.28. The lowest BCUT2D eigenvalue weighted by molar-refractivity contribution is 0.0702. The van der Waals surface area contributed by atoms with Gasteiger partial charge in [-0.15, -0.1) is 0 Å². The van der Waals surface area contributed by atoms with Crippen molar-refractivity contribution in [1.82, 2.24) is 9.88 Å². The second-order valence-corrected chi connectivity index (χ2v) is 8.55. The Kier molecular flexibility index (Phi) is 6.68. The van der Waals surface area contributed by atoms with E-state index in [1.54, 1.807) is 29.2 Å². The Morgan fingerprint density at radius 2 is 1.68 bits per heavy atom. The molecule has 1 heterocycles. The van der Waals surface area contributed by atoms with Crippen LogP contribution in [0.2, 0.25) is 0 Å². The van der Waals surface area contributed by atoms with Crippen molar-refractivity contribution >= 4 is 21.6 Å². The molecule has 1 atom stereocenters. The van der Waals surface area contributed by atoms with E-state index in [4.69, 9.17) is 5.26 Å². The fourth-order valence-corrected chi connectivity index (χ4v) is 4.24. The average molecular weight is 435 g/mol. The van der Waals surface area contributed by atoms with E-state index in [2.05, 4.69) is 15.8 Å². The van der Waals surface area contributed by atoms with E-state index in [1.807, 2.05) is 26.0 Å². The van der Waals surface area contributed by atoms with Crippen LogP contribution in [0.5, 0.6) is 0 Å². The summed E-state index contributed by atoms with van der Waals surface area (Å²) in [7, 11) is -3.78. The fraction of sp³-hybridized carbons (Fsp3) is 0.174. The molecule has 1 amide bonds. The second kappa shape index (κ2) is 9.41. The van der Waals surface area contributed by atoms with Crippen molar-refractivity contribution in [2.45, 2.75) is 24.8 Å². The number of hydrogen-bond donors (Lipinski definition) is 1. The number of benzene rings is 2. The van der Waals surface area contributed by atoms with Crippen LogP contribution in [0.15, 0.2) is 78.0 Å². The Bertz CT molecular complexity index is 1190. The maximum atomic E-state index is 13.1. The van der Waals surface area contributed by atoms with Crippen LogP contribution in [0.1, 0.15) is 41.4 Å². The van der Waals surface area contributed by atoms with Crippen molar-refractivity contribution in [2.75, 3.05) is 11.3 Å². The number of amides is 1. The molecule has 7 nitrogen and oxygen atoms in total. The topological polar surface area (TPSA) is 103 Å². The number of sulfonamides is 1. The smallest absolute Gasteiger partial charge is 0.261 e. The normalized spacial score (nSPS) is 11.9. The molecule has 2 aromatic carbocycles. The summed E-state index contributed by atoms with van der Waals surface area (Å²) in [4.78, 5) is 18.7. The number of pyridine rings is 1. The molecule has 0 saturated carbocycles. The van der Waals surface area contributed by atoms with Gasteiger partial charge in [0.25, 0.3) is 15.9 Å².